The van der Waals surface area contributed by atoms with E-state index in [1.54, 1.807) is 0 Å². The summed E-state index contributed by atoms with van der Waals surface area (Å²) in [7, 11) is 0. The minimum atomic E-state index is -0.0643. The summed E-state index contributed by atoms with van der Waals surface area (Å²) in [5.74, 6) is 9.67. The third-order valence-electron chi connectivity index (χ3n) is 8.27. The first-order valence-corrected chi connectivity index (χ1v) is 13.5. The Morgan fingerprint density at radius 1 is 0.675 bits per heavy atom. The summed E-state index contributed by atoms with van der Waals surface area (Å²) in [6.07, 6.45) is 25.4. The summed E-state index contributed by atoms with van der Waals surface area (Å²) in [6.45, 7) is 0.101. The number of rotatable bonds is 1. The van der Waals surface area contributed by atoms with Crippen LogP contribution in [-0.4, -0.2) is 61.2 Å². The van der Waals surface area contributed by atoms with E-state index in [1.807, 2.05) is 18.3 Å². The van der Waals surface area contributed by atoms with Crippen molar-refractivity contribution in [2.24, 2.45) is 0 Å². The van der Waals surface area contributed by atoms with Crippen molar-refractivity contribution in [3.63, 3.8) is 0 Å². The Bertz CT molecular complexity index is 1920. The normalized spacial score (nSPS) is 19.1. The molecular formula is C28H21B4N7O. The Labute approximate surface area is 232 Å². The lowest BCUT2D eigenvalue weighted by atomic mass is 9.41. The van der Waals surface area contributed by atoms with Crippen LogP contribution in [0.3, 0.4) is 0 Å². The van der Waals surface area contributed by atoms with E-state index in [0.29, 0.717) is 11.5 Å². The lowest BCUT2D eigenvalue weighted by molar-refractivity contribution is 0.622. The van der Waals surface area contributed by atoms with Gasteiger partial charge in [-0.3, -0.25) is 4.40 Å². The Balaban J connectivity index is 1.16. The van der Waals surface area contributed by atoms with Crippen LogP contribution in [0.15, 0.2) is 132 Å². The minimum absolute atomic E-state index is 0.0383. The second kappa shape index (κ2) is 8.26. The number of allylic oxidation sites excluding steroid dienone is 8. The van der Waals surface area contributed by atoms with E-state index in [9.17, 15) is 0 Å². The first kappa shape index (κ1) is 21.9. The molecule has 5 aliphatic rings. The largest absolute Gasteiger partial charge is 0.423 e. The van der Waals surface area contributed by atoms with Crippen molar-refractivity contribution >= 4 is 61.4 Å². The van der Waals surface area contributed by atoms with Gasteiger partial charge >= 0.3 is 27.9 Å². The molecular weight excluding hydrogens is 494 g/mol. The van der Waals surface area contributed by atoms with E-state index in [0.717, 1.165) is 27.7 Å². The molecule has 40 heavy (non-hydrogen) atoms. The molecule has 0 amide bonds. The van der Waals surface area contributed by atoms with Gasteiger partial charge < -0.3 is 23.3 Å². The molecule has 1 aromatic carbocycles. The highest BCUT2D eigenvalue weighted by Gasteiger charge is 2.49. The van der Waals surface area contributed by atoms with Crippen LogP contribution in [0.1, 0.15) is 5.82 Å². The van der Waals surface area contributed by atoms with E-state index in [1.165, 1.54) is 0 Å². The molecule has 186 valence electrons. The zero-order valence-electron chi connectivity index (χ0n) is 21.5. The molecule has 0 bridgehead atoms. The van der Waals surface area contributed by atoms with Crippen LogP contribution in [0.25, 0.3) is 33.4 Å². The van der Waals surface area contributed by atoms with Gasteiger partial charge in [0, 0.05) is 17.0 Å². The highest BCUT2D eigenvalue weighted by Crippen LogP contribution is 2.32. The molecule has 3 aromatic heterocycles. The quantitative estimate of drug-likeness (QED) is 0.354. The molecule has 1 saturated heterocycles. The third-order valence-corrected chi connectivity index (χ3v) is 8.27. The maximum atomic E-state index is 6.20. The second-order valence-electron chi connectivity index (χ2n) is 10.4. The Kier molecular flexibility index (Phi) is 4.52. The molecule has 8 heterocycles. The fourth-order valence-corrected chi connectivity index (χ4v) is 6.46. The molecule has 1 fully saturated rings. The van der Waals surface area contributed by atoms with Gasteiger partial charge in [-0.1, -0.05) is 60.3 Å². The smallest absolute Gasteiger partial charge is 0.381 e. The Morgan fingerprint density at radius 2 is 1.32 bits per heavy atom. The van der Waals surface area contributed by atoms with Crippen LogP contribution in [0.5, 0.6) is 0 Å². The standard InChI is InChI=1S/C28H21B4N7O/c1-2-10-24-22(9-1)19-26-39(24)25-21-33-27(34-28(25)40-26)23-11-18-38-31-14-4-7-16-36(31)29-12-3-6-15-35(29)30-13-5-8-17-37(30)32(38)20-23/h1-21H. The van der Waals surface area contributed by atoms with Crippen LogP contribution in [0.4, 0.5) is 0 Å². The molecule has 0 saturated carbocycles. The van der Waals surface area contributed by atoms with Gasteiger partial charge in [-0.15, -0.1) is 0 Å². The van der Waals surface area contributed by atoms with Gasteiger partial charge in [0.15, 0.2) is 5.82 Å². The molecule has 0 atom stereocenters. The predicted octanol–water partition coefficient (Wildman–Crippen LogP) is 4.12. The van der Waals surface area contributed by atoms with Crippen molar-refractivity contribution in [3.05, 3.63) is 134 Å². The number of para-hydroxylation sites is 1. The second-order valence-corrected chi connectivity index (χ2v) is 10.4. The Morgan fingerprint density at radius 3 is 2.05 bits per heavy atom. The number of nitrogens with zero attached hydrogens (tertiary/aromatic N) is 7. The van der Waals surface area contributed by atoms with Crippen molar-refractivity contribution < 1.29 is 4.42 Å². The fourth-order valence-electron chi connectivity index (χ4n) is 6.46. The zero-order chi connectivity index (χ0) is 26.2. The van der Waals surface area contributed by atoms with Crippen LogP contribution in [-0.2, 0) is 0 Å². The highest BCUT2D eigenvalue weighted by molar-refractivity contribution is 6.92. The predicted molar refractivity (Wildman–Crippen MR) is 163 cm³/mol. The molecule has 0 radical (unpaired) electrons. The van der Waals surface area contributed by atoms with Crippen molar-refractivity contribution in [2.75, 3.05) is 0 Å². The van der Waals surface area contributed by atoms with E-state index in [-0.39, 0.29) is 27.9 Å². The molecule has 4 aromatic rings. The van der Waals surface area contributed by atoms with Crippen LogP contribution >= 0.6 is 0 Å². The SMILES string of the molecule is C1=CB2N(C=C1)B1C=CC=CN1B1C=C(c3ncc4c(n3)oc3cc5ccccc5n34)C=CN1B1C=CC=CN21. The first-order valence-electron chi connectivity index (χ1n) is 13.5. The monoisotopic (exact) mass is 515 g/mol. The third kappa shape index (κ3) is 3.07. The van der Waals surface area contributed by atoms with Crippen molar-refractivity contribution in [2.45, 2.75) is 0 Å². The summed E-state index contributed by atoms with van der Waals surface area (Å²) < 4.78 is 17.9. The molecule has 0 N–H and O–H groups in total. The maximum Gasteiger partial charge on any atom is 0.381 e. The van der Waals surface area contributed by atoms with E-state index < -0.39 is 0 Å². The number of aromatic nitrogens is 3. The lowest BCUT2D eigenvalue weighted by Gasteiger charge is -2.53. The molecule has 12 heteroatoms. The van der Waals surface area contributed by atoms with Crippen LogP contribution in [0.2, 0.25) is 0 Å². The summed E-state index contributed by atoms with van der Waals surface area (Å²) in [5.41, 5.74) is 4.26. The van der Waals surface area contributed by atoms with E-state index >= 15 is 0 Å². The molecule has 0 spiro atoms. The number of oxazole rings is 1. The van der Waals surface area contributed by atoms with Gasteiger partial charge in [-0.05, 0) is 55.2 Å². The maximum absolute atomic E-state index is 6.20. The number of hydrogen-bond acceptors (Lipinski definition) is 7. The number of fused-ring (bicyclic) bond motifs is 13. The minimum Gasteiger partial charge on any atom is -0.423 e. The number of benzene rings is 1. The van der Waals surface area contributed by atoms with Gasteiger partial charge in [0.1, 0.15) is 5.52 Å². The van der Waals surface area contributed by atoms with Gasteiger partial charge in [-0.2, -0.15) is 4.98 Å². The van der Waals surface area contributed by atoms with E-state index in [4.69, 9.17) is 14.4 Å². The van der Waals surface area contributed by atoms with Gasteiger partial charge in [0.2, 0.25) is 11.4 Å². The zero-order valence-corrected chi connectivity index (χ0v) is 21.5. The summed E-state index contributed by atoms with van der Waals surface area (Å²) in [6, 6.07) is 10.3. The molecule has 0 unspecified atom stereocenters. The van der Waals surface area contributed by atoms with Gasteiger partial charge in [0.25, 0.3) is 0 Å². The number of hydrogen-bond donors (Lipinski definition) is 0. The van der Waals surface area contributed by atoms with Crippen molar-refractivity contribution in [1.82, 2.24) is 33.3 Å². The summed E-state index contributed by atoms with van der Waals surface area (Å²) >= 11 is 0. The van der Waals surface area contributed by atoms with Gasteiger partial charge in [-0.25, -0.2) is 4.98 Å². The van der Waals surface area contributed by atoms with Gasteiger partial charge in [0.05, 0.1) is 11.7 Å². The first-order chi connectivity index (χ1) is 19.8. The van der Waals surface area contributed by atoms with Crippen LogP contribution in [0, 0.1) is 0 Å². The highest BCUT2D eigenvalue weighted by atomic mass is 16.4. The lowest BCUT2D eigenvalue weighted by Crippen LogP contribution is -2.73. The Hall–Kier alpha value is -4.98. The fraction of sp³-hybridized carbons (Fsp3) is 0. The summed E-state index contributed by atoms with van der Waals surface area (Å²) in [4.78, 5) is 9.72. The summed E-state index contributed by atoms with van der Waals surface area (Å²) in [5, 5.41) is 1.13. The molecule has 8 nitrogen and oxygen atoms in total. The van der Waals surface area contributed by atoms with E-state index in [2.05, 4.69) is 133 Å². The average molecular weight is 515 g/mol. The average Bonchev–Trinajstić information content (AvgIpc) is 3.56. The topological polar surface area (TPSA) is 56.3 Å². The van der Waals surface area contributed by atoms with Crippen molar-refractivity contribution in [1.29, 1.82) is 0 Å². The molecule has 0 aliphatic carbocycles. The van der Waals surface area contributed by atoms with Crippen LogP contribution < -0.4 is 0 Å². The van der Waals surface area contributed by atoms with Crippen molar-refractivity contribution in [3.8, 4) is 0 Å². The molecule has 9 rings (SSSR count). The molecule has 5 aliphatic heterocycles.